The van der Waals surface area contributed by atoms with E-state index in [0.717, 1.165) is 12.8 Å². The van der Waals surface area contributed by atoms with Gasteiger partial charge < -0.3 is 0 Å². The lowest BCUT2D eigenvalue weighted by Gasteiger charge is -2.06. The van der Waals surface area contributed by atoms with E-state index in [-0.39, 0.29) is 0 Å². The van der Waals surface area contributed by atoms with Crippen molar-refractivity contribution in [2.75, 3.05) is 0 Å². The lowest BCUT2D eigenvalue weighted by molar-refractivity contribution is 0.287. The second-order valence-electron chi connectivity index (χ2n) is 2.98. The van der Waals surface area contributed by atoms with E-state index in [4.69, 9.17) is 0 Å². The van der Waals surface area contributed by atoms with Crippen molar-refractivity contribution >= 4 is 0 Å². The van der Waals surface area contributed by atoms with Crippen molar-refractivity contribution < 1.29 is 4.39 Å². The SMILES string of the molecule is CC[C@@H](F)CCC(C)C. The Morgan fingerprint density at radius 1 is 1.22 bits per heavy atom. The second kappa shape index (κ2) is 4.78. The number of halogens is 1. The minimum Gasteiger partial charge on any atom is -0.248 e. The van der Waals surface area contributed by atoms with Crippen LogP contribution in [-0.4, -0.2) is 6.17 Å². The van der Waals surface area contributed by atoms with Gasteiger partial charge in [-0.3, -0.25) is 0 Å². The maximum atomic E-state index is 12.5. The van der Waals surface area contributed by atoms with Crippen molar-refractivity contribution in [3.05, 3.63) is 0 Å². The molecule has 0 radical (unpaired) electrons. The van der Waals surface area contributed by atoms with E-state index >= 15 is 0 Å². The van der Waals surface area contributed by atoms with Crippen LogP contribution in [0.15, 0.2) is 0 Å². The molecule has 0 spiro atoms. The maximum Gasteiger partial charge on any atom is 0.0999 e. The van der Waals surface area contributed by atoms with Gasteiger partial charge in [-0.05, 0) is 25.2 Å². The molecule has 0 aliphatic heterocycles. The Balaban J connectivity index is 3.06. The molecule has 0 aromatic heterocycles. The fourth-order valence-electron chi connectivity index (χ4n) is 0.718. The fourth-order valence-corrected chi connectivity index (χ4v) is 0.718. The summed E-state index contributed by atoms with van der Waals surface area (Å²) in [5.74, 6) is 0.648. The molecule has 0 amide bonds. The molecule has 1 heteroatoms. The highest BCUT2D eigenvalue weighted by Gasteiger charge is 2.03. The first kappa shape index (κ1) is 8.93. The number of hydrogen-bond acceptors (Lipinski definition) is 0. The Bertz CT molecular complexity index is 59.6. The molecule has 0 aliphatic rings. The van der Waals surface area contributed by atoms with Crippen LogP contribution < -0.4 is 0 Å². The van der Waals surface area contributed by atoms with Crippen molar-refractivity contribution in [3.8, 4) is 0 Å². The monoisotopic (exact) mass is 132 g/mol. The highest BCUT2D eigenvalue weighted by molar-refractivity contribution is 4.54. The van der Waals surface area contributed by atoms with Crippen LogP contribution in [0.25, 0.3) is 0 Å². The lowest BCUT2D eigenvalue weighted by Crippen LogP contribution is -1.99. The molecule has 0 bridgehead atoms. The van der Waals surface area contributed by atoms with E-state index in [1.165, 1.54) is 0 Å². The summed E-state index contributed by atoms with van der Waals surface area (Å²) in [4.78, 5) is 0. The van der Waals surface area contributed by atoms with Gasteiger partial charge in [0, 0.05) is 0 Å². The van der Waals surface area contributed by atoms with Gasteiger partial charge in [0.05, 0.1) is 6.17 Å². The van der Waals surface area contributed by atoms with Crippen molar-refractivity contribution in [2.24, 2.45) is 5.92 Å². The van der Waals surface area contributed by atoms with E-state index in [1.54, 1.807) is 0 Å². The van der Waals surface area contributed by atoms with Crippen LogP contribution in [0.5, 0.6) is 0 Å². The Morgan fingerprint density at radius 2 is 1.78 bits per heavy atom. The first-order chi connectivity index (χ1) is 4.16. The zero-order valence-electron chi connectivity index (χ0n) is 6.65. The second-order valence-corrected chi connectivity index (χ2v) is 2.98. The van der Waals surface area contributed by atoms with Crippen molar-refractivity contribution in [2.45, 2.75) is 46.2 Å². The van der Waals surface area contributed by atoms with Crippen LogP contribution in [0.3, 0.4) is 0 Å². The van der Waals surface area contributed by atoms with Crippen LogP contribution >= 0.6 is 0 Å². The van der Waals surface area contributed by atoms with E-state index in [2.05, 4.69) is 13.8 Å². The molecule has 0 heterocycles. The van der Waals surface area contributed by atoms with Crippen LogP contribution in [-0.2, 0) is 0 Å². The highest BCUT2D eigenvalue weighted by Crippen LogP contribution is 2.10. The Labute approximate surface area is 57.5 Å². The van der Waals surface area contributed by atoms with Crippen LogP contribution in [0.4, 0.5) is 4.39 Å². The van der Waals surface area contributed by atoms with E-state index in [1.807, 2.05) is 6.92 Å². The highest BCUT2D eigenvalue weighted by atomic mass is 19.1. The maximum absolute atomic E-state index is 12.5. The summed E-state index contributed by atoms with van der Waals surface area (Å²) in [5.41, 5.74) is 0. The van der Waals surface area contributed by atoms with Gasteiger partial charge in [0.2, 0.25) is 0 Å². The third-order valence-corrected chi connectivity index (χ3v) is 1.50. The molecule has 0 aliphatic carbocycles. The minimum absolute atomic E-state index is 0.563. The number of hydrogen-bond donors (Lipinski definition) is 0. The predicted molar refractivity (Wildman–Crippen MR) is 39.3 cm³/mol. The Hall–Kier alpha value is -0.0700. The summed E-state index contributed by atoms with van der Waals surface area (Å²) >= 11 is 0. The average molecular weight is 132 g/mol. The zero-order chi connectivity index (χ0) is 7.28. The van der Waals surface area contributed by atoms with Crippen molar-refractivity contribution in [1.82, 2.24) is 0 Å². The fraction of sp³-hybridized carbons (Fsp3) is 1.00. The summed E-state index contributed by atoms with van der Waals surface area (Å²) in [5, 5.41) is 0. The third-order valence-electron chi connectivity index (χ3n) is 1.50. The molecular formula is C8H17F. The normalized spacial score (nSPS) is 14.3. The Morgan fingerprint density at radius 3 is 2.11 bits per heavy atom. The molecule has 0 rings (SSSR count). The zero-order valence-corrected chi connectivity index (χ0v) is 6.65. The summed E-state index contributed by atoms with van der Waals surface area (Å²) in [6.45, 7) is 6.15. The summed E-state index contributed by atoms with van der Waals surface area (Å²) in [7, 11) is 0. The number of alkyl halides is 1. The summed E-state index contributed by atoms with van der Waals surface area (Å²) < 4.78 is 12.5. The molecule has 1 atom stereocenters. The Kier molecular flexibility index (Phi) is 4.74. The van der Waals surface area contributed by atoms with Gasteiger partial charge in [0.25, 0.3) is 0 Å². The van der Waals surface area contributed by atoms with Crippen molar-refractivity contribution in [3.63, 3.8) is 0 Å². The van der Waals surface area contributed by atoms with Crippen LogP contribution in [0.1, 0.15) is 40.0 Å². The minimum atomic E-state index is -0.563. The average Bonchev–Trinajstić information content (AvgIpc) is 1.83. The molecule has 56 valence electrons. The van der Waals surface area contributed by atoms with Gasteiger partial charge in [-0.15, -0.1) is 0 Å². The molecule has 0 saturated heterocycles. The molecule has 0 aromatic rings. The smallest absolute Gasteiger partial charge is 0.0999 e. The van der Waals surface area contributed by atoms with Gasteiger partial charge in [0.1, 0.15) is 0 Å². The largest absolute Gasteiger partial charge is 0.248 e. The molecule has 0 nitrogen and oxygen atoms in total. The quantitative estimate of drug-likeness (QED) is 0.551. The van der Waals surface area contributed by atoms with E-state index < -0.39 is 6.17 Å². The summed E-state index contributed by atoms with van der Waals surface area (Å²) in [6.07, 6.45) is 1.88. The molecular weight excluding hydrogens is 115 g/mol. The molecule has 0 N–H and O–H groups in total. The van der Waals surface area contributed by atoms with Gasteiger partial charge in [-0.25, -0.2) is 4.39 Å². The van der Waals surface area contributed by atoms with Crippen LogP contribution in [0, 0.1) is 5.92 Å². The number of rotatable bonds is 4. The molecule has 0 fully saturated rings. The van der Waals surface area contributed by atoms with Gasteiger partial charge in [0.15, 0.2) is 0 Å². The van der Waals surface area contributed by atoms with E-state index in [0.29, 0.717) is 12.3 Å². The lowest BCUT2D eigenvalue weighted by atomic mass is 10.0. The topological polar surface area (TPSA) is 0 Å². The first-order valence-corrected chi connectivity index (χ1v) is 3.80. The standard InChI is InChI=1S/C8H17F/c1-4-8(9)6-5-7(2)3/h7-8H,4-6H2,1-3H3/t8-/m1/s1. The molecule has 0 aromatic carbocycles. The molecule has 0 unspecified atom stereocenters. The summed E-state index contributed by atoms with van der Waals surface area (Å²) in [6, 6.07) is 0. The first-order valence-electron chi connectivity index (χ1n) is 3.80. The van der Waals surface area contributed by atoms with Gasteiger partial charge in [-0.1, -0.05) is 20.8 Å². The predicted octanol–water partition coefficient (Wildman–Crippen LogP) is 3.17. The van der Waals surface area contributed by atoms with Gasteiger partial charge >= 0.3 is 0 Å². The van der Waals surface area contributed by atoms with Crippen LogP contribution in [0.2, 0.25) is 0 Å². The third kappa shape index (κ3) is 5.81. The van der Waals surface area contributed by atoms with E-state index in [9.17, 15) is 4.39 Å². The molecule has 9 heavy (non-hydrogen) atoms. The molecule has 0 saturated carbocycles. The van der Waals surface area contributed by atoms with Crippen molar-refractivity contribution in [1.29, 1.82) is 0 Å². The van der Waals surface area contributed by atoms with Gasteiger partial charge in [-0.2, -0.15) is 0 Å².